The molecule has 6 heterocycles. The Bertz CT molecular complexity index is 1710. The highest BCUT2D eigenvalue weighted by molar-refractivity contribution is 5.85. The van der Waals surface area contributed by atoms with Crippen LogP contribution in [-0.4, -0.2) is 116 Å². The van der Waals surface area contributed by atoms with Gasteiger partial charge in [0.15, 0.2) is 24.0 Å². The average Bonchev–Trinajstić information content (AvgIpc) is 3.95. The van der Waals surface area contributed by atoms with Crippen molar-refractivity contribution < 1.29 is 48.1 Å². The van der Waals surface area contributed by atoms with Gasteiger partial charge in [-0.05, 0) is 76.2 Å². The second-order valence-electron chi connectivity index (χ2n) is 13.5. The maximum absolute atomic E-state index is 10.3. The van der Waals surface area contributed by atoms with Gasteiger partial charge in [-0.25, -0.2) is 9.36 Å². The number of ether oxygens (including phenoxy) is 8. The lowest BCUT2D eigenvalue weighted by atomic mass is 10.0. The second-order valence-corrected chi connectivity index (χ2v) is 13.5. The maximum Gasteiger partial charge on any atom is 0.182 e. The minimum absolute atomic E-state index is 0.294. The van der Waals surface area contributed by atoms with Crippen LogP contribution in [0.3, 0.4) is 0 Å². The molecule has 16 heteroatoms. The lowest BCUT2D eigenvalue weighted by Gasteiger charge is -2.26. The van der Waals surface area contributed by atoms with Crippen molar-refractivity contribution in [3.05, 3.63) is 48.5 Å². The first-order valence-electron chi connectivity index (χ1n) is 16.5. The number of methoxy groups -OCH3 is 2. The molecule has 2 unspecified atom stereocenters. The van der Waals surface area contributed by atoms with Gasteiger partial charge in [0.25, 0.3) is 0 Å². The van der Waals surface area contributed by atoms with Gasteiger partial charge in [-0.2, -0.15) is 0 Å². The van der Waals surface area contributed by atoms with E-state index >= 15 is 0 Å². The van der Waals surface area contributed by atoms with Crippen molar-refractivity contribution in [3.63, 3.8) is 0 Å². The normalized spacial score (nSPS) is 30.8. The summed E-state index contributed by atoms with van der Waals surface area (Å²) in [6.45, 7) is 6.69. The van der Waals surface area contributed by atoms with Gasteiger partial charge >= 0.3 is 0 Å². The Morgan fingerprint density at radius 1 is 0.600 bits per heavy atom. The van der Waals surface area contributed by atoms with E-state index in [0.29, 0.717) is 34.3 Å². The number of rotatable bonds is 9. The molecule has 2 aromatic carbocycles. The number of aliphatic hydroxyl groups is 2. The number of hydrogen-bond donors (Lipinski definition) is 2. The predicted octanol–water partition coefficient (Wildman–Crippen LogP) is 2.71. The van der Waals surface area contributed by atoms with E-state index in [9.17, 15) is 10.2 Å². The number of fused-ring (bicyclic) bond motifs is 2. The Morgan fingerprint density at radius 3 is 1.30 bits per heavy atom. The van der Waals surface area contributed by atoms with Crippen molar-refractivity contribution in [2.24, 2.45) is 0 Å². The van der Waals surface area contributed by atoms with Gasteiger partial charge in [-0.3, -0.25) is 0 Å². The summed E-state index contributed by atoms with van der Waals surface area (Å²) in [4.78, 5) is 0. The molecule has 4 aliphatic rings. The standard InChI is InChI=1S/C34H40N6O10/c1-33(2)47-27-21(15-41)45-31(29(27)49-33)39-25(23(35-37-39)17-7-11-19(43-5)12-8-17)26-24(18-9-13-20(44-6)14-10-18)36-38-40(26)32-30-28(22(16-42)46-32)48-34(3,4)50-30/h7-14,21-22,27-32,41-42H,15-16H2,1-6H3/t21-,22-,27-,28-,29-,30-,31?,32?/m1/s1. The van der Waals surface area contributed by atoms with E-state index in [4.69, 9.17) is 48.1 Å². The van der Waals surface area contributed by atoms with Crippen LogP contribution in [0.4, 0.5) is 0 Å². The van der Waals surface area contributed by atoms with Crippen LogP contribution in [0.1, 0.15) is 40.2 Å². The number of nitrogens with zero attached hydrogens (tertiary/aromatic N) is 6. The number of hydrogen-bond acceptors (Lipinski definition) is 14. The van der Waals surface area contributed by atoms with Crippen LogP contribution in [-0.2, 0) is 28.4 Å². The SMILES string of the molecule is COc1ccc(-c2nnn(C3O[C@H](CO)[C@H]4OC(C)(C)O[C@@H]34)c2-c2c(-c3ccc(OC)cc3)nnn2C2O[C@H](CO)[C@H]3OC(C)(C)O[C@@H]23)cc1. The Morgan fingerprint density at radius 2 is 0.960 bits per heavy atom. The third-order valence-electron chi connectivity index (χ3n) is 9.43. The lowest BCUT2D eigenvalue weighted by Crippen LogP contribution is -2.31. The zero-order valence-electron chi connectivity index (χ0n) is 28.5. The first kappa shape index (κ1) is 33.2. The Labute approximate surface area is 287 Å². The fourth-order valence-corrected chi connectivity index (χ4v) is 7.28. The molecule has 0 amide bonds. The van der Waals surface area contributed by atoms with Crippen molar-refractivity contribution in [2.75, 3.05) is 27.4 Å². The monoisotopic (exact) mass is 692 g/mol. The van der Waals surface area contributed by atoms with Crippen molar-refractivity contribution >= 4 is 0 Å². The highest BCUT2D eigenvalue weighted by Gasteiger charge is 2.58. The molecule has 4 fully saturated rings. The third kappa shape index (κ3) is 5.47. The first-order chi connectivity index (χ1) is 24.0. The Hall–Kier alpha value is -4.00. The predicted molar refractivity (Wildman–Crippen MR) is 173 cm³/mol. The molecule has 16 nitrogen and oxygen atoms in total. The fourth-order valence-electron chi connectivity index (χ4n) is 7.28. The molecule has 0 radical (unpaired) electrons. The largest absolute Gasteiger partial charge is 0.497 e. The summed E-state index contributed by atoms with van der Waals surface area (Å²) >= 11 is 0. The topological polar surface area (TPSA) is 176 Å². The molecule has 8 rings (SSSR count). The van der Waals surface area contributed by atoms with Gasteiger partial charge in [-0.1, -0.05) is 10.4 Å². The average molecular weight is 693 g/mol. The number of benzene rings is 2. The zero-order chi connectivity index (χ0) is 34.9. The molecular weight excluding hydrogens is 652 g/mol. The summed E-state index contributed by atoms with van der Waals surface area (Å²) in [5.74, 6) is -0.524. The van der Waals surface area contributed by atoms with Gasteiger partial charge in [0.1, 0.15) is 70.9 Å². The van der Waals surface area contributed by atoms with Crippen LogP contribution in [0.25, 0.3) is 33.9 Å². The molecule has 4 aliphatic heterocycles. The fraction of sp³-hybridized carbons (Fsp3) is 0.529. The zero-order valence-corrected chi connectivity index (χ0v) is 28.5. The molecule has 4 saturated heterocycles. The van der Waals surface area contributed by atoms with Crippen LogP contribution >= 0.6 is 0 Å². The molecule has 2 N–H and O–H groups in total. The van der Waals surface area contributed by atoms with Gasteiger partial charge in [0.05, 0.1) is 27.4 Å². The van der Waals surface area contributed by atoms with Gasteiger partial charge in [0, 0.05) is 11.1 Å². The molecule has 8 atom stereocenters. The molecule has 0 spiro atoms. The van der Waals surface area contributed by atoms with E-state index in [-0.39, 0.29) is 13.2 Å². The minimum Gasteiger partial charge on any atom is -0.497 e. The molecule has 0 saturated carbocycles. The van der Waals surface area contributed by atoms with E-state index < -0.39 is 60.7 Å². The molecule has 50 heavy (non-hydrogen) atoms. The summed E-state index contributed by atoms with van der Waals surface area (Å²) in [5, 5.41) is 39.4. The van der Waals surface area contributed by atoms with Crippen molar-refractivity contribution in [1.82, 2.24) is 30.0 Å². The molecule has 2 aromatic heterocycles. The number of aromatic nitrogens is 6. The third-order valence-corrected chi connectivity index (χ3v) is 9.43. The van der Waals surface area contributed by atoms with Crippen LogP contribution in [0.15, 0.2) is 48.5 Å². The van der Waals surface area contributed by atoms with E-state index in [1.807, 2.05) is 76.2 Å². The van der Waals surface area contributed by atoms with Gasteiger partial charge in [0.2, 0.25) is 0 Å². The Kier molecular flexibility index (Phi) is 8.19. The highest BCUT2D eigenvalue weighted by atomic mass is 16.8. The quantitative estimate of drug-likeness (QED) is 0.262. The van der Waals surface area contributed by atoms with E-state index in [1.165, 1.54) is 0 Å². The molecule has 4 aromatic rings. The molecule has 266 valence electrons. The lowest BCUT2D eigenvalue weighted by molar-refractivity contribution is -0.202. The Balaban J connectivity index is 1.36. The van der Waals surface area contributed by atoms with Crippen LogP contribution in [0.5, 0.6) is 11.5 Å². The second kappa shape index (κ2) is 12.3. The molecule has 0 aliphatic carbocycles. The van der Waals surface area contributed by atoms with E-state index in [2.05, 4.69) is 10.4 Å². The maximum atomic E-state index is 10.3. The van der Waals surface area contributed by atoms with Gasteiger partial charge in [-0.15, -0.1) is 10.2 Å². The summed E-state index contributed by atoms with van der Waals surface area (Å²) in [5.41, 5.74) is 3.36. The molecule has 0 bridgehead atoms. The summed E-state index contributed by atoms with van der Waals surface area (Å²) in [7, 11) is 3.20. The van der Waals surface area contributed by atoms with E-state index in [0.717, 1.165) is 11.1 Å². The smallest absolute Gasteiger partial charge is 0.182 e. The van der Waals surface area contributed by atoms with Gasteiger partial charge < -0.3 is 48.1 Å². The van der Waals surface area contributed by atoms with Crippen LogP contribution in [0, 0.1) is 0 Å². The highest BCUT2D eigenvalue weighted by Crippen LogP contribution is 2.49. The van der Waals surface area contributed by atoms with Crippen molar-refractivity contribution in [2.45, 2.75) is 88.3 Å². The number of aliphatic hydroxyl groups excluding tert-OH is 2. The first-order valence-corrected chi connectivity index (χ1v) is 16.5. The summed E-state index contributed by atoms with van der Waals surface area (Å²) in [6.07, 6.45) is -5.53. The van der Waals surface area contributed by atoms with Crippen molar-refractivity contribution in [1.29, 1.82) is 0 Å². The summed E-state index contributed by atoms with van der Waals surface area (Å²) < 4.78 is 52.1. The van der Waals surface area contributed by atoms with Crippen LogP contribution in [0.2, 0.25) is 0 Å². The minimum atomic E-state index is -0.930. The summed E-state index contributed by atoms with van der Waals surface area (Å²) in [6, 6.07) is 14.9. The van der Waals surface area contributed by atoms with E-state index in [1.54, 1.807) is 23.6 Å². The molecular formula is C34H40N6O10. The van der Waals surface area contributed by atoms with Crippen molar-refractivity contribution in [3.8, 4) is 45.4 Å². The van der Waals surface area contributed by atoms with Crippen LogP contribution < -0.4 is 9.47 Å².